The first-order valence-electron chi connectivity index (χ1n) is 4.20. The van der Waals surface area contributed by atoms with Crippen molar-refractivity contribution in [1.82, 2.24) is 10.5 Å². The lowest BCUT2D eigenvalue weighted by Crippen LogP contribution is -2.30. The molecule has 0 aromatic carbocycles. The summed E-state index contributed by atoms with van der Waals surface area (Å²) in [6, 6.07) is 1.38. The van der Waals surface area contributed by atoms with E-state index in [1.54, 1.807) is 0 Å². The molecule has 1 aromatic rings. The van der Waals surface area contributed by atoms with Crippen LogP contribution in [0.1, 0.15) is 16.9 Å². The lowest BCUT2D eigenvalue weighted by atomic mass is 10.2. The number of carbonyl (C=O) groups is 2. The molecule has 0 radical (unpaired) electrons. The number of aliphatic hydroxyl groups excluding tert-OH is 1. The van der Waals surface area contributed by atoms with E-state index in [-0.39, 0.29) is 18.7 Å². The first-order valence-corrected chi connectivity index (χ1v) is 4.20. The van der Waals surface area contributed by atoms with E-state index in [1.807, 2.05) is 0 Å². The van der Waals surface area contributed by atoms with Crippen molar-refractivity contribution in [3.63, 3.8) is 0 Å². The average Bonchev–Trinajstić information content (AvgIpc) is 2.70. The number of hydrogen-bond acceptors (Lipinski definition) is 5. The van der Waals surface area contributed by atoms with Crippen molar-refractivity contribution in [3.05, 3.63) is 18.0 Å². The van der Waals surface area contributed by atoms with E-state index < -0.39 is 18.0 Å². The molecule has 1 heterocycles. The Morgan fingerprint density at radius 2 is 2.33 bits per heavy atom. The molecule has 0 fully saturated rings. The van der Waals surface area contributed by atoms with Crippen LogP contribution in [0.4, 0.5) is 0 Å². The van der Waals surface area contributed by atoms with Crippen molar-refractivity contribution >= 4 is 11.9 Å². The van der Waals surface area contributed by atoms with Gasteiger partial charge in [0.25, 0.3) is 5.91 Å². The van der Waals surface area contributed by atoms with Gasteiger partial charge >= 0.3 is 5.97 Å². The van der Waals surface area contributed by atoms with Crippen LogP contribution < -0.4 is 5.32 Å². The van der Waals surface area contributed by atoms with Crippen molar-refractivity contribution in [2.45, 2.75) is 12.5 Å². The van der Waals surface area contributed by atoms with Crippen molar-refractivity contribution < 1.29 is 24.3 Å². The van der Waals surface area contributed by atoms with Gasteiger partial charge in [-0.3, -0.25) is 4.79 Å². The first-order chi connectivity index (χ1) is 7.11. The minimum atomic E-state index is -1.47. The second kappa shape index (κ2) is 5.11. The highest BCUT2D eigenvalue weighted by atomic mass is 16.5. The van der Waals surface area contributed by atoms with Gasteiger partial charge in [0, 0.05) is 19.0 Å². The van der Waals surface area contributed by atoms with E-state index in [4.69, 9.17) is 10.2 Å². The van der Waals surface area contributed by atoms with Crippen LogP contribution in [-0.4, -0.2) is 39.9 Å². The number of aromatic nitrogens is 1. The van der Waals surface area contributed by atoms with Gasteiger partial charge in [0.1, 0.15) is 6.26 Å². The summed E-state index contributed by atoms with van der Waals surface area (Å²) >= 11 is 0. The molecule has 0 aliphatic rings. The Morgan fingerprint density at radius 1 is 1.60 bits per heavy atom. The highest BCUT2D eigenvalue weighted by Gasteiger charge is 2.14. The molecule has 3 N–H and O–H groups in total. The minimum absolute atomic E-state index is 0.0547. The van der Waals surface area contributed by atoms with E-state index in [2.05, 4.69) is 15.0 Å². The molecular formula is C8H10N2O5. The van der Waals surface area contributed by atoms with Gasteiger partial charge in [0.05, 0.1) is 0 Å². The fourth-order valence-corrected chi connectivity index (χ4v) is 0.866. The van der Waals surface area contributed by atoms with Crippen LogP contribution >= 0.6 is 0 Å². The molecule has 0 aliphatic heterocycles. The largest absolute Gasteiger partial charge is 0.479 e. The number of rotatable bonds is 5. The highest BCUT2D eigenvalue weighted by molar-refractivity contribution is 5.91. The lowest BCUT2D eigenvalue weighted by Gasteiger charge is -2.05. The predicted molar refractivity (Wildman–Crippen MR) is 47.1 cm³/mol. The molecule has 1 rings (SSSR count). The summed E-state index contributed by atoms with van der Waals surface area (Å²) in [5.41, 5.74) is 0.111. The molecule has 15 heavy (non-hydrogen) atoms. The van der Waals surface area contributed by atoms with Gasteiger partial charge in [0.15, 0.2) is 11.8 Å². The third kappa shape index (κ3) is 3.39. The van der Waals surface area contributed by atoms with Gasteiger partial charge in [-0.1, -0.05) is 5.16 Å². The summed E-state index contributed by atoms with van der Waals surface area (Å²) in [5, 5.41) is 23.0. The zero-order chi connectivity index (χ0) is 11.3. The van der Waals surface area contributed by atoms with Crippen LogP contribution in [0.2, 0.25) is 0 Å². The van der Waals surface area contributed by atoms with Crippen LogP contribution in [0.15, 0.2) is 16.9 Å². The fraction of sp³-hybridized carbons (Fsp3) is 0.375. The molecular weight excluding hydrogens is 204 g/mol. The van der Waals surface area contributed by atoms with Gasteiger partial charge in [0.2, 0.25) is 0 Å². The maximum atomic E-state index is 11.2. The summed E-state index contributed by atoms with van der Waals surface area (Å²) in [6.45, 7) is 0.0547. The number of aliphatic hydroxyl groups is 1. The molecule has 0 spiro atoms. The third-order valence-electron chi connectivity index (χ3n) is 1.66. The summed E-state index contributed by atoms with van der Waals surface area (Å²) < 4.78 is 4.45. The maximum absolute atomic E-state index is 11.2. The van der Waals surface area contributed by atoms with Crippen molar-refractivity contribution in [2.75, 3.05) is 6.54 Å². The standard InChI is InChI=1S/C8H10N2O5/c11-6(8(13)14)1-3-9-7(12)5-2-4-15-10-5/h2,4,6,11H,1,3H2,(H,9,12)(H,13,14). The smallest absolute Gasteiger partial charge is 0.332 e. The van der Waals surface area contributed by atoms with Crippen LogP contribution in [0, 0.1) is 0 Å². The van der Waals surface area contributed by atoms with Crippen LogP contribution in [0.5, 0.6) is 0 Å². The number of hydrogen-bond donors (Lipinski definition) is 3. The van der Waals surface area contributed by atoms with E-state index in [9.17, 15) is 9.59 Å². The Morgan fingerprint density at radius 3 is 2.87 bits per heavy atom. The Labute approximate surface area is 84.7 Å². The highest BCUT2D eigenvalue weighted by Crippen LogP contribution is 1.95. The first kappa shape index (κ1) is 11.2. The van der Waals surface area contributed by atoms with Crippen molar-refractivity contribution in [1.29, 1.82) is 0 Å². The Hall–Kier alpha value is -1.89. The lowest BCUT2D eigenvalue weighted by molar-refractivity contribution is -0.146. The molecule has 0 bridgehead atoms. The second-order valence-electron chi connectivity index (χ2n) is 2.78. The number of carboxylic acid groups (broad SMARTS) is 1. The molecule has 7 heteroatoms. The topological polar surface area (TPSA) is 113 Å². The molecule has 1 aromatic heterocycles. The van der Waals surface area contributed by atoms with Crippen LogP contribution in [0.25, 0.3) is 0 Å². The minimum Gasteiger partial charge on any atom is -0.479 e. The van der Waals surface area contributed by atoms with Gasteiger partial charge in [-0.05, 0) is 0 Å². The van der Waals surface area contributed by atoms with Gasteiger partial charge < -0.3 is 20.1 Å². The van der Waals surface area contributed by atoms with Gasteiger partial charge in [-0.15, -0.1) is 0 Å². The van der Waals surface area contributed by atoms with Gasteiger partial charge in [-0.25, -0.2) is 4.79 Å². The van der Waals surface area contributed by atoms with E-state index in [0.717, 1.165) is 0 Å². The monoisotopic (exact) mass is 214 g/mol. The molecule has 1 unspecified atom stereocenters. The molecule has 1 amide bonds. The summed E-state index contributed by atoms with van der Waals surface area (Å²) in [7, 11) is 0. The van der Waals surface area contributed by atoms with Crippen molar-refractivity contribution in [3.8, 4) is 0 Å². The zero-order valence-corrected chi connectivity index (χ0v) is 7.71. The average molecular weight is 214 g/mol. The predicted octanol–water partition coefficient (Wildman–Crippen LogP) is -0.760. The van der Waals surface area contributed by atoms with Crippen LogP contribution in [0.3, 0.4) is 0 Å². The van der Waals surface area contributed by atoms with E-state index in [1.165, 1.54) is 12.3 Å². The van der Waals surface area contributed by atoms with E-state index in [0.29, 0.717) is 0 Å². The number of carboxylic acids is 1. The Kier molecular flexibility index (Phi) is 3.81. The molecule has 0 aliphatic carbocycles. The summed E-state index contributed by atoms with van der Waals surface area (Å²) in [4.78, 5) is 21.4. The number of nitrogens with one attached hydrogen (secondary N) is 1. The van der Waals surface area contributed by atoms with Gasteiger partial charge in [-0.2, -0.15) is 0 Å². The zero-order valence-electron chi connectivity index (χ0n) is 7.71. The summed E-state index contributed by atoms with van der Waals surface area (Å²) in [6.07, 6.45) is -0.275. The summed E-state index contributed by atoms with van der Waals surface area (Å²) in [5.74, 6) is -1.79. The Balaban J connectivity index is 2.27. The molecule has 0 saturated heterocycles. The number of carbonyl (C=O) groups excluding carboxylic acids is 1. The number of amides is 1. The number of nitrogens with zero attached hydrogens (tertiary/aromatic N) is 1. The fourth-order valence-electron chi connectivity index (χ4n) is 0.866. The molecule has 82 valence electrons. The Bertz CT molecular complexity index is 335. The van der Waals surface area contributed by atoms with E-state index >= 15 is 0 Å². The second-order valence-corrected chi connectivity index (χ2v) is 2.78. The number of aliphatic carboxylic acids is 1. The molecule has 7 nitrogen and oxygen atoms in total. The molecule has 0 saturated carbocycles. The van der Waals surface area contributed by atoms with Crippen LogP contribution in [-0.2, 0) is 4.79 Å². The van der Waals surface area contributed by atoms with Crippen molar-refractivity contribution in [2.24, 2.45) is 0 Å². The normalized spacial score (nSPS) is 12.1. The third-order valence-corrected chi connectivity index (χ3v) is 1.66. The maximum Gasteiger partial charge on any atom is 0.332 e. The molecule has 1 atom stereocenters. The quantitative estimate of drug-likeness (QED) is 0.593. The SMILES string of the molecule is O=C(NCCC(O)C(=O)O)c1ccon1.